The van der Waals surface area contributed by atoms with Gasteiger partial charge in [0.1, 0.15) is 0 Å². The Bertz CT molecular complexity index is 294. The Balaban J connectivity index is 3.15. The molecular formula is C8H6Br2O. The van der Waals surface area contributed by atoms with Crippen LogP contribution in [-0.4, -0.2) is 5.78 Å². The summed E-state index contributed by atoms with van der Waals surface area (Å²) in [6, 6.07) is 5.43. The van der Waals surface area contributed by atoms with Crippen molar-refractivity contribution in [3.05, 3.63) is 32.7 Å². The van der Waals surface area contributed by atoms with Crippen molar-refractivity contribution < 1.29 is 4.79 Å². The van der Waals surface area contributed by atoms with Crippen molar-refractivity contribution in [2.75, 3.05) is 0 Å². The molecule has 0 spiro atoms. The van der Waals surface area contributed by atoms with Gasteiger partial charge in [-0.1, -0.05) is 6.07 Å². The summed E-state index contributed by atoms with van der Waals surface area (Å²) in [7, 11) is 0. The molecule has 1 aromatic carbocycles. The van der Waals surface area contributed by atoms with Gasteiger partial charge in [-0.05, 0) is 50.9 Å². The zero-order chi connectivity index (χ0) is 8.43. The van der Waals surface area contributed by atoms with E-state index in [1.165, 1.54) is 0 Å². The highest BCUT2D eigenvalue weighted by Gasteiger charge is 2.01. The summed E-state index contributed by atoms with van der Waals surface area (Å²) in [5.74, 6) is 0.0817. The van der Waals surface area contributed by atoms with Crippen LogP contribution >= 0.6 is 31.9 Å². The summed E-state index contributed by atoms with van der Waals surface area (Å²) in [5.41, 5.74) is 0.722. The first kappa shape index (κ1) is 8.94. The van der Waals surface area contributed by atoms with Gasteiger partial charge in [-0.25, -0.2) is 0 Å². The molecule has 0 heterocycles. The average Bonchev–Trinajstić information content (AvgIpc) is 1.94. The highest BCUT2D eigenvalue weighted by molar-refractivity contribution is 9.13. The number of ketones is 1. The van der Waals surface area contributed by atoms with E-state index in [0.717, 1.165) is 14.5 Å². The fourth-order valence-electron chi connectivity index (χ4n) is 0.715. The Morgan fingerprint density at radius 3 is 2.36 bits per heavy atom. The Morgan fingerprint density at radius 2 is 1.91 bits per heavy atom. The SMILES string of the molecule is CC(=O)c1ccc(Br)c(Br)c1. The monoisotopic (exact) mass is 276 g/mol. The molecule has 0 saturated carbocycles. The van der Waals surface area contributed by atoms with Gasteiger partial charge in [0.05, 0.1) is 0 Å². The third-order valence-corrected chi connectivity index (χ3v) is 3.21. The third kappa shape index (κ3) is 2.14. The van der Waals surface area contributed by atoms with Crippen LogP contribution in [0.3, 0.4) is 0 Å². The van der Waals surface area contributed by atoms with Gasteiger partial charge in [-0.3, -0.25) is 4.79 Å². The van der Waals surface area contributed by atoms with Gasteiger partial charge >= 0.3 is 0 Å². The quantitative estimate of drug-likeness (QED) is 0.719. The number of carbonyl (C=O) groups excluding carboxylic acids is 1. The molecule has 1 nitrogen and oxygen atoms in total. The van der Waals surface area contributed by atoms with E-state index in [1.54, 1.807) is 19.1 Å². The normalized spacial score (nSPS) is 9.73. The topological polar surface area (TPSA) is 17.1 Å². The lowest BCUT2D eigenvalue weighted by Gasteiger charge is -1.97. The van der Waals surface area contributed by atoms with Crippen molar-refractivity contribution >= 4 is 37.6 Å². The van der Waals surface area contributed by atoms with Crippen LogP contribution in [0, 0.1) is 0 Å². The summed E-state index contributed by atoms with van der Waals surface area (Å²) in [4.78, 5) is 10.9. The summed E-state index contributed by atoms with van der Waals surface area (Å²) >= 11 is 6.64. The zero-order valence-corrected chi connectivity index (χ0v) is 9.07. The Kier molecular flexibility index (Phi) is 2.84. The van der Waals surface area contributed by atoms with Crippen LogP contribution in [0.2, 0.25) is 0 Å². The van der Waals surface area contributed by atoms with Crippen LogP contribution < -0.4 is 0 Å². The Hall–Kier alpha value is -0.150. The van der Waals surface area contributed by atoms with Crippen molar-refractivity contribution in [2.45, 2.75) is 6.92 Å². The van der Waals surface area contributed by atoms with Crippen LogP contribution in [0.5, 0.6) is 0 Å². The number of benzene rings is 1. The second-order valence-corrected chi connectivity index (χ2v) is 3.89. The molecule has 0 aliphatic carbocycles. The molecule has 1 aromatic rings. The van der Waals surface area contributed by atoms with Gasteiger partial charge in [0, 0.05) is 14.5 Å². The lowest BCUT2D eigenvalue weighted by molar-refractivity contribution is 0.101. The average molecular weight is 278 g/mol. The second-order valence-electron chi connectivity index (χ2n) is 2.19. The highest BCUT2D eigenvalue weighted by Crippen LogP contribution is 2.23. The number of hydrogen-bond donors (Lipinski definition) is 0. The first-order valence-corrected chi connectivity index (χ1v) is 4.66. The molecule has 0 atom stereocenters. The molecule has 0 N–H and O–H groups in total. The van der Waals surface area contributed by atoms with E-state index in [2.05, 4.69) is 31.9 Å². The van der Waals surface area contributed by atoms with E-state index in [9.17, 15) is 4.79 Å². The molecule has 0 unspecified atom stereocenters. The molecule has 58 valence electrons. The molecular weight excluding hydrogens is 272 g/mol. The number of Topliss-reactive ketones (excluding diaryl/α,β-unsaturated/α-hetero) is 1. The predicted octanol–water partition coefficient (Wildman–Crippen LogP) is 3.41. The Labute approximate surface area is 82.1 Å². The summed E-state index contributed by atoms with van der Waals surface area (Å²) < 4.78 is 1.87. The summed E-state index contributed by atoms with van der Waals surface area (Å²) in [5, 5.41) is 0. The van der Waals surface area contributed by atoms with Gasteiger partial charge in [-0.2, -0.15) is 0 Å². The van der Waals surface area contributed by atoms with Crippen molar-refractivity contribution in [1.29, 1.82) is 0 Å². The van der Waals surface area contributed by atoms with Crippen molar-refractivity contribution in [3.63, 3.8) is 0 Å². The lowest BCUT2D eigenvalue weighted by atomic mass is 10.2. The third-order valence-electron chi connectivity index (χ3n) is 1.33. The van der Waals surface area contributed by atoms with E-state index in [4.69, 9.17) is 0 Å². The maximum absolute atomic E-state index is 10.9. The molecule has 0 saturated heterocycles. The molecule has 0 amide bonds. The minimum Gasteiger partial charge on any atom is -0.295 e. The van der Waals surface area contributed by atoms with E-state index in [0.29, 0.717) is 0 Å². The predicted molar refractivity (Wildman–Crippen MR) is 51.8 cm³/mol. The number of halogens is 2. The molecule has 3 heteroatoms. The smallest absolute Gasteiger partial charge is 0.159 e. The first-order valence-electron chi connectivity index (χ1n) is 3.07. The molecule has 1 rings (SSSR count). The van der Waals surface area contributed by atoms with Gasteiger partial charge in [0.2, 0.25) is 0 Å². The zero-order valence-electron chi connectivity index (χ0n) is 5.90. The maximum Gasteiger partial charge on any atom is 0.159 e. The standard InChI is InChI=1S/C8H6Br2O/c1-5(11)6-2-3-7(9)8(10)4-6/h2-4H,1H3. The van der Waals surface area contributed by atoms with Crippen LogP contribution in [-0.2, 0) is 0 Å². The molecule has 0 fully saturated rings. The number of hydrogen-bond acceptors (Lipinski definition) is 1. The first-order chi connectivity index (χ1) is 5.11. The van der Waals surface area contributed by atoms with Crippen molar-refractivity contribution in [3.8, 4) is 0 Å². The van der Waals surface area contributed by atoms with Crippen LogP contribution in [0.25, 0.3) is 0 Å². The minimum absolute atomic E-state index is 0.0817. The lowest BCUT2D eigenvalue weighted by Crippen LogP contribution is -1.90. The fourth-order valence-corrected chi connectivity index (χ4v) is 1.34. The van der Waals surface area contributed by atoms with E-state index in [-0.39, 0.29) is 5.78 Å². The van der Waals surface area contributed by atoms with E-state index in [1.807, 2.05) is 6.07 Å². The molecule has 0 aliphatic heterocycles. The van der Waals surface area contributed by atoms with Crippen LogP contribution in [0.4, 0.5) is 0 Å². The van der Waals surface area contributed by atoms with Gasteiger partial charge in [0.25, 0.3) is 0 Å². The summed E-state index contributed by atoms with van der Waals surface area (Å²) in [6.07, 6.45) is 0. The maximum atomic E-state index is 10.9. The molecule has 0 bridgehead atoms. The van der Waals surface area contributed by atoms with E-state index >= 15 is 0 Å². The number of carbonyl (C=O) groups is 1. The van der Waals surface area contributed by atoms with Gasteiger partial charge < -0.3 is 0 Å². The minimum atomic E-state index is 0.0817. The molecule has 0 aromatic heterocycles. The van der Waals surface area contributed by atoms with E-state index < -0.39 is 0 Å². The molecule has 11 heavy (non-hydrogen) atoms. The highest BCUT2D eigenvalue weighted by atomic mass is 79.9. The second kappa shape index (κ2) is 3.50. The van der Waals surface area contributed by atoms with Crippen molar-refractivity contribution in [2.24, 2.45) is 0 Å². The number of rotatable bonds is 1. The summed E-state index contributed by atoms with van der Waals surface area (Å²) in [6.45, 7) is 1.55. The fraction of sp³-hybridized carbons (Fsp3) is 0.125. The molecule has 0 radical (unpaired) electrons. The van der Waals surface area contributed by atoms with Crippen LogP contribution in [0.15, 0.2) is 27.1 Å². The van der Waals surface area contributed by atoms with Gasteiger partial charge in [-0.15, -0.1) is 0 Å². The van der Waals surface area contributed by atoms with Gasteiger partial charge in [0.15, 0.2) is 5.78 Å². The van der Waals surface area contributed by atoms with Crippen LogP contribution in [0.1, 0.15) is 17.3 Å². The Morgan fingerprint density at radius 1 is 1.27 bits per heavy atom. The molecule has 0 aliphatic rings. The van der Waals surface area contributed by atoms with Crippen molar-refractivity contribution in [1.82, 2.24) is 0 Å². The largest absolute Gasteiger partial charge is 0.295 e.